The van der Waals surface area contributed by atoms with Crippen LogP contribution in [0.25, 0.3) is 10.8 Å². The van der Waals surface area contributed by atoms with Crippen LogP contribution in [0, 0.1) is 0 Å². The second-order valence-corrected chi connectivity index (χ2v) is 6.54. The van der Waals surface area contributed by atoms with E-state index >= 15 is 0 Å². The molecule has 5 nitrogen and oxygen atoms in total. The lowest BCUT2D eigenvalue weighted by Crippen LogP contribution is -2.18. The highest BCUT2D eigenvalue weighted by Gasteiger charge is 2.17. The molecule has 28 heavy (non-hydrogen) atoms. The first kappa shape index (κ1) is 17.8. The number of anilines is 2. The van der Waals surface area contributed by atoms with Gasteiger partial charge in [-0.15, -0.1) is 0 Å². The summed E-state index contributed by atoms with van der Waals surface area (Å²) in [5.74, 6) is -0.685. The molecule has 138 valence electrons. The number of furan rings is 1. The zero-order valence-electron chi connectivity index (χ0n) is 14.6. The largest absolute Gasteiger partial charge is 0.459 e. The van der Waals surface area contributed by atoms with Gasteiger partial charge in [-0.05, 0) is 41.8 Å². The third-order valence-electron chi connectivity index (χ3n) is 4.26. The second kappa shape index (κ2) is 7.58. The van der Waals surface area contributed by atoms with E-state index in [4.69, 9.17) is 16.0 Å². The van der Waals surface area contributed by atoms with E-state index < -0.39 is 5.91 Å². The molecule has 1 aromatic heterocycles. The van der Waals surface area contributed by atoms with Crippen molar-refractivity contribution in [2.45, 2.75) is 0 Å². The van der Waals surface area contributed by atoms with Crippen LogP contribution in [-0.4, -0.2) is 11.8 Å². The lowest BCUT2D eigenvalue weighted by Gasteiger charge is -2.13. The van der Waals surface area contributed by atoms with Crippen LogP contribution >= 0.6 is 11.6 Å². The summed E-state index contributed by atoms with van der Waals surface area (Å²) < 4.78 is 5.10. The molecule has 6 heteroatoms. The van der Waals surface area contributed by atoms with Crippen molar-refractivity contribution in [3.05, 3.63) is 95.4 Å². The molecule has 2 amide bonds. The van der Waals surface area contributed by atoms with Crippen LogP contribution in [0.15, 0.2) is 83.5 Å². The molecule has 1 heterocycles. The summed E-state index contributed by atoms with van der Waals surface area (Å²) in [4.78, 5) is 25.3. The van der Waals surface area contributed by atoms with Crippen LogP contribution in [0.1, 0.15) is 20.9 Å². The van der Waals surface area contributed by atoms with Gasteiger partial charge in [0, 0.05) is 16.1 Å². The molecule has 4 aromatic rings. The van der Waals surface area contributed by atoms with E-state index in [0.717, 1.165) is 10.8 Å². The van der Waals surface area contributed by atoms with Crippen molar-refractivity contribution < 1.29 is 14.0 Å². The van der Waals surface area contributed by atoms with Crippen LogP contribution in [0.5, 0.6) is 0 Å². The Bertz CT molecular complexity index is 1160. The molecule has 0 saturated carbocycles. The Kier molecular flexibility index (Phi) is 4.83. The average Bonchev–Trinajstić information content (AvgIpc) is 3.24. The number of carbonyl (C=O) groups is 2. The normalized spacial score (nSPS) is 10.6. The summed E-state index contributed by atoms with van der Waals surface area (Å²) >= 11 is 6.08. The van der Waals surface area contributed by atoms with E-state index in [1.54, 1.807) is 24.3 Å². The van der Waals surface area contributed by atoms with E-state index in [2.05, 4.69) is 10.6 Å². The first-order chi connectivity index (χ1) is 13.6. The second-order valence-electron chi connectivity index (χ2n) is 6.10. The molecule has 3 aromatic carbocycles. The van der Waals surface area contributed by atoms with Crippen molar-refractivity contribution in [3.8, 4) is 0 Å². The maximum atomic E-state index is 13.0. The molecule has 0 radical (unpaired) electrons. The minimum Gasteiger partial charge on any atom is -0.459 e. The summed E-state index contributed by atoms with van der Waals surface area (Å²) in [7, 11) is 0. The summed E-state index contributed by atoms with van der Waals surface area (Å²) in [6.07, 6.45) is 1.41. The van der Waals surface area contributed by atoms with Gasteiger partial charge in [0.25, 0.3) is 11.8 Å². The molecule has 0 bridgehead atoms. The quantitative estimate of drug-likeness (QED) is 0.477. The number of halogens is 1. The Morgan fingerprint density at radius 2 is 1.57 bits per heavy atom. The van der Waals surface area contributed by atoms with Crippen molar-refractivity contribution >= 4 is 45.6 Å². The van der Waals surface area contributed by atoms with Crippen molar-refractivity contribution in [2.75, 3.05) is 10.6 Å². The monoisotopic (exact) mass is 390 g/mol. The molecule has 0 fully saturated rings. The van der Waals surface area contributed by atoms with Crippen molar-refractivity contribution in [1.29, 1.82) is 0 Å². The zero-order valence-corrected chi connectivity index (χ0v) is 15.4. The molecule has 0 aliphatic heterocycles. The Morgan fingerprint density at radius 3 is 2.39 bits per heavy atom. The van der Waals surface area contributed by atoms with Crippen LogP contribution in [-0.2, 0) is 0 Å². The van der Waals surface area contributed by atoms with E-state index in [0.29, 0.717) is 16.4 Å². The van der Waals surface area contributed by atoms with E-state index in [-0.39, 0.29) is 17.2 Å². The van der Waals surface area contributed by atoms with Gasteiger partial charge in [0.2, 0.25) is 0 Å². The van der Waals surface area contributed by atoms with Crippen molar-refractivity contribution in [1.82, 2.24) is 0 Å². The Balaban J connectivity index is 1.65. The smallest absolute Gasteiger partial charge is 0.291 e. The Labute approximate surface area is 165 Å². The van der Waals surface area contributed by atoms with Gasteiger partial charge in [-0.1, -0.05) is 48.0 Å². The number of hydrogen-bond donors (Lipinski definition) is 2. The van der Waals surface area contributed by atoms with Crippen LogP contribution in [0.2, 0.25) is 5.02 Å². The Hall–Kier alpha value is -3.57. The molecular formula is C22H15ClN2O3. The number of amides is 2. The first-order valence-corrected chi connectivity index (χ1v) is 8.93. The van der Waals surface area contributed by atoms with Crippen LogP contribution in [0.3, 0.4) is 0 Å². The highest BCUT2D eigenvalue weighted by Crippen LogP contribution is 2.26. The minimum atomic E-state index is -0.452. The van der Waals surface area contributed by atoms with Gasteiger partial charge in [-0.3, -0.25) is 9.59 Å². The van der Waals surface area contributed by atoms with Gasteiger partial charge < -0.3 is 15.1 Å². The van der Waals surface area contributed by atoms with Crippen molar-refractivity contribution in [3.63, 3.8) is 0 Å². The number of hydrogen-bond acceptors (Lipinski definition) is 3. The number of nitrogens with one attached hydrogen (secondary N) is 2. The molecule has 0 atom stereocenters. The van der Waals surface area contributed by atoms with Gasteiger partial charge in [-0.25, -0.2) is 0 Å². The summed E-state index contributed by atoms with van der Waals surface area (Å²) in [6.45, 7) is 0. The topological polar surface area (TPSA) is 71.3 Å². The van der Waals surface area contributed by atoms with Crippen molar-refractivity contribution in [2.24, 2.45) is 0 Å². The van der Waals surface area contributed by atoms with E-state index in [9.17, 15) is 9.59 Å². The molecule has 0 aliphatic carbocycles. The van der Waals surface area contributed by atoms with Crippen LogP contribution in [0.4, 0.5) is 11.4 Å². The lowest BCUT2D eigenvalue weighted by molar-refractivity contribution is 0.0996. The Morgan fingerprint density at radius 1 is 0.786 bits per heavy atom. The third-order valence-corrected chi connectivity index (χ3v) is 4.49. The van der Waals surface area contributed by atoms with E-state index in [1.807, 2.05) is 42.5 Å². The van der Waals surface area contributed by atoms with Gasteiger partial charge >= 0.3 is 0 Å². The molecule has 0 spiro atoms. The number of benzene rings is 3. The molecule has 0 saturated heterocycles. The van der Waals surface area contributed by atoms with Gasteiger partial charge in [0.15, 0.2) is 5.76 Å². The summed E-state index contributed by atoms with van der Waals surface area (Å²) in [5.41, 5.74) is 1.26. The third kappa shape index (κ3) is 3.61. The number of fused-ring (bicyclic) bond motifs is 1. The molecule has 0 aliphatic rings. The molecule has 0 unspecified atom stereocenters. The highest BCUT2D eigenvalue weighted by molar-refractivity contribution is 6.31. The number of rotatable bonds is 4. The van der Waals surface area contributed by atoms with Gasteiger partial charge in [0.1, 0.15) is 0 Å². The van der Waals surface area contributed by atoms with Gasteiger partial charge in [0.05, 0.1) is 17.5 Å². The standard InChI is InChI=1S/C22H15ClN2O3/c23-15-10-11-19(25-22(27)20-9-4-12-28-20)17(13-15)21(26)24-18-8-3-6-14-5-1-2-7-16(14)18/h1-13H,(H,24,26)(H,25,27). The maximum absolute atomic E-state index is 13.0. The van der Waals surface area contributed by atoms with E-state index in [1.165, 1.54) is 12.3 Å². The highest BCUT2D eigenvalue weighted by atomic mass is 35.5. The predicted molar refractivity (Wildman–Crippen MR) is 110 cm³/mol. The molecular weight excluding hydrogens is 376 g/mol. The summed E-state index contributed by atoms with van der Waals surface area (Å²) in [6, 6.07) is 21.3. The lowest BCUT2D eigenvalue weighted by atomic mass is 10.1. The average molecular weight is 391 g/mol. The number of carbonyl (C=O) groups excluding carboxylic acids is 2. The fourth-order valence-corrected chi connectivity index (χ4v) is 3.10. The van der Waals surface area contributed by atoms with Crippen LogP contribution < -0.4 is 10.6 Å². The molecule has 2 N–H and O–H groups in total. The first-order valence-electron chi connectivity index (χ1n) is 8.55. The zero-order chi connectivity index (χ0) is 19.5. The summed E-state index contributed by atoms with van der Waals surface area (Å²) in [5, 5.41) is 7.91. The SMILES string of the molecule is O=C(Nc1ccc(Cl)cc1C(=O)Nc1cccc2ccccc12)c1ccco1. The fraction of sp³-hybridized carbons (Fsp3) is 0. The van der Waals surface area contributed by atoms with Gasteiger partial charge in [-0.2, -0.15) is 0 Å². The fourth-order valence-electron chi connectivity index (χ4n) is 2.93. The minimum absolute atomic E-state index is 0.148. The molecule has 4 rings (SSSR count). The predicted octanol–water partition coefficient (Wildman–Crippen LogP) is 5.59. The maximum Gasteiger partial charge on any atom is 0.291 e.